The zero-order chi connectivity index (χ0) is 20.8. The molecule has 1 heterocycles. The van der Waals surface area contributed by atoms with Gasteiger partial charge in [0.1, 0.15) is 11.6 Å². The van der Waals surface area contributed by atoms with E-state index in [1.165, 1.54) is 41.6 Å². The smallest absolute Gasteiger partial charge is 0.277 e. The second-order valence-corrected chi connectivity index (χ2v) is 7.88. The Morgan fingerprint density at radius 2 is 1.83 bits per heavy atom. The van der Waals surface area contributed by atoms with Gasteiger partial charge in [0, 0.05) is 6.54 Å². The topological polar surface area (TPSA) is 77.2 Å². The molecule has 1 aromatic heterocycles. The number of thioether (sulfide) groups is 1. The summed E-state index contributed by atoms with van der Waals surface area (Å²) in [6, 6.07) is 13.7. The van der Waals surface area contributed by atoms with Crippen molar-refractivity contribution in [3.63, 3.8) is 0 Å². The van der Waals surface area contributed by atoms with Gasteiger partial charge in [-0.25, -0.2) is 4.39 Å². The lowest BCUT2D eigenvalue weighted by molar-refractivity contribution is -0.120. The molecule has 0 aliphatic rings. The molecular weight excluding hydrogens is 393 g/mol. The fraction of sp³-hybridized carbons (Fsp3) is 0.286. The average molecular weight is 415 g/mol. The Labute approximate surface area is 172 Å². The number of nitrogens with zero attached hydrogens (tertiary/aromatic N) is 2. The van der Waals surface area contributed by atoms with Gasteiger partial charge in [0.15, 0.2) is 6.10 Å². The average Bonchev–Trinajstić information content (AvgIpc) is 3.17. The van der Waals surface area contributed by atoms with Gasteiger partial charge in [-0.2, -0.15) is 0 Å². The lowest BCUT2D eigenvalue weighted by Crippen LogP contribution is -2.30. The Morgan fingerprint density at radius 1 is 1.14 bits per heavy atom. The van der Waals surface area contributed by atoms with E-state index in [2.05, 4.69) is 15.5 Å². The summed E-state index contributed by atoms with van der Waals surface area (Å²) in [5.41, 5.74) is 2.21. The third-order valence-electron chi connectivity index (χ3n) is 4.13. The van der Waals surface area contributed by atoms with Gasteiger partial charge in [0.05, 0.1) is 5.25 Å². The van der Waals surface area contributed by atoms with Gasteiger partial charge in [-0.05, 0) is 50.6 Å². The van der Waals surface area contributed by atoms with Crippen LogP contribution >= 0.6 is 11.8 Å². The quantitative estimate of drug-likeness (QED) is 0.548. The largest absolute Gasteiger partial charge is 0.481 e. The number of aromatic nitrogens is 2. The maximum absolute atomic E-state index is 13.0. The minimum atomic E-state index is -0.506. The van der Waals surface area contributed by atoms with Crippen LogP contribution in [0, 0.1) is 12.7 Å². The van der Waals surface area contributed by atoms with E-state index in [-0.39, 0.29) is 22.8 Å². The molecule has 2 atom stereocenters. The minimum absolute atomic E-state index is 0.120. The summed E-state index contributed by atoms with van der Waals surface area (Å²) < 4.78 is 24.2. The second kappa shape index (κ2) is 9.56. The Hall–Kier alpha value is -2.87. The van der Waals surface area contributed by atoms with Crippen molar-refractivity contribution in [1.29, 1.82) is 0 Å². The molecule has 0 radical (unpaired) electrons. The van der Waals surface area contributed by atoms with E-state index in [4.69, 9.17) is 9.15 Å². The predicted molar refractivity (Wildman–Crippen MR) is 108 cm³/mol. The van der Waals surface area contributed by atoms with Crippen molar-refractivity contribution < 1.29 is 18.3 Å². The highest BCUT2D eigenvalue weighted by molar-refractivity contribution is 8.00. The standard InChI is InChI=1S/C21H22FN3O3S/c1-13-4-6-16(7-5-13)12-23-19(26)15(3)29-21-25-24-20(28-21)14(2)27-18-10-8-17(22)9-11-18/h4-11,14-15H,12H2,1-3H3,(H,23,26)/t14-,15-/m1/s1. The molecule has 1 N–H and O–H groups in total. The highest BCUT2D eigenvalue weighted by Crippen LogP contribution is 2.26. The van der Waals surface area contributed by atoms with Crippen molar-refractivity contribution in [3.8, 4) is 5.75 Å². The number of hydrogen-bond acceptors (Lipinski definition) is 6. The number of benzene rings is 2. The van der Waals surface area contributed by atoms with Crippen LogP contribution in [0.1, 0.15) is 37.0 Å². The summed E-state index contributed by atoms with van der Waals surface area (Å²) in [5.74, 6) is 0.321. The molecule has 6 nitrogen and oxygen atoms in total. The van der Waals surface area contributed by atoms with E-state index in [0.717, 1.165) is 5.56 Å². The van der Waals surface area contributed by atoms with Gasteiger partial charge in [-0.3, -0.25) is 4.79 Å². The Kier molecular flexibility index (Phi) is 6.87. The summed E-state index contributed by atoms with van der Waals surface area (Å²) in [7, 11) is 0. The normalized spacial score (nSPS) is 13.0. The van der Waals surface area contributed by atoms with Gasteiger partial charge >= 0.3 is 0 Å². The molecule has 8 heteroatoms. The van der Waals surface area contributed by atoms with Crippen LogP contribution in [0.3, 0.4) is 0 Å². The molecule has 0 unspecified atom stereocenters. The van der Waals surface area contributed by atoms with E-state index < -0.39 is 11.4 Å². The van der Waals surface area contributed by atoms with Gasteiger partial charge in [0.25, 0.3) is 11.1 Å². The Bertz CT molecular complexity index is 945. The van der Waals surface area contributed by atoms with Crippen molar-refractivity contribution >= 4 is 17.7 Å². The number of hydrogen-bond donors (Lipinski definition) is 1. The number of ether oxygens (including phenoxy) is 1. The van der Waals surface area contributed by atoms with Crippen LogP contribution in [0.2, 0.25) is 0 Å². The lowest BCUT2D eigenvalue weighted by Gasteiger charge is -2.11. The molecule has 3 aromatic rings. The van der Waals surface area contributed by atoms with E-state index in [1.807, 2.05) is 31.2 Å². The molecule has 152 valence electrons. The number of halogens is 1. The summed E-state index contributed by atoms with van der Waals surface area (Å²) in [6.07, 6.45) is -0.506. The van der Waals surface area contributed by atoms with Crippen LogP contribution in [-0.4, -0.2) is 21.4 Å². The zero-order valence-corrected chi connectivity index (χ0v) is 17.2. The summed E-state index contributed by atoms with van der Waals surface area (Å²) in [4.78, 5) is 12.3. The first kappa shape index (κ1) is 20.9. The Balaban J connectivity index is 1.50. The number of nitrogens with one attached hydrogen (secondary N) is 1. The van der Waals surface area contributed by atoms with Gasteiger partial charge in [-0.1, -0.05) is 41.6 Å². The molecule has 0 aliphatic carbocycles. The van der Waals surface area contributed by atoms with Crippen molar-refractivity contribution in [1.82, 2.24) is 15.5 Å². The molecule has 0 aliphatic heterocycles. The number of carbonyl (C=O) groups excluding carboxylic acids is 1. The van der Waals surface area contributed by atoms with E-state index >= 15 is 0 Å². The number of amides is 1. The number of rotatable bonds is 8. The van der Waals surface area contributed by atoms with Gasteiger partial charge in [0.2, 0.25) is 5.91 Å². The highest BCUT2D eigenvalue weighted by atomic mass is 32.2. The van der Waals surface area contributed by atoms with Gasteiger partial charge in [-0.15, -0.1) is 10.2 Å². The van der Waals surface area contributed by atoms with Crippen molar-refractivity contribution in [3.05, 3.63) is 71.4 Å². The molecule has 0 saturated carbocycles. The van der Waals surface area contributed by atoms with Crippen molar-refractivity contribution in [2.75, 3.05) is 0 Å². The monoisotopic (exact) mass is 415 g/mol. The first-order valence-corrected chi connectivity index (χ1v) is 10.0. The third kappa shape index (κ3) is 6.05. The fourth-order valence-electron chi connectivity index (χ4n) is 2.44. The molecule has 0 spiro atoms. The Morgan fingerprint density at radius 3 is 2.52 bits per heavy atom. The summed E-state index contributed by atoms with van der Waals surface area (Å²) in [6.45, 7) is 6.01. The SMILES string of the molecule is Cc1ccc(CNC(=O)[C@@H](C)Sc2nnc([C@@H](C)Oc3ccc(F)cc3)o2)cc1. The van der Waals surface area contributed by atoms with Gasteiger partial charge < -0.3 is 14.5 Å². The predicted octanol–water partition coefficient (Wildman–Crippen LogP) is 4.45. The van der Waals surface area contributed by atoms with Crippen LogP contribution in [-0.2, 0) is 11.3 Å². The molecular formula is C21H22FN3O3S. The molecule has 0 fully saturated rings. The molecule has 0 saturated heterocycles. The lowest BCUT2D eigenvalue weighted by atomic mass is 10.1. The fourth-order valence-corrected chi connectivity index (χ4v) is 3.16. The van der Waals surface area contributed by atoms with E-state index in [9.17, 15) is 9.18 Å². The van der Waals surface area contributed by atoms with Crippen LogP contribution in [0.5, 0.6) is 5.75 Å². The molecule has 2 aromatic carbocycles. The maximum Gasteiger partial charge on any atom is 0.277 e. The molecule has 1 amide bonds. The van der Waals surface area contributed by atoms with Crippen molar-refractivity contribution in [2.24, 2.45) is 0 Å². The molecule has 29 heavy (non-hydrogen) atoms. The molecule has 0 bridgehead atoms. The third-order valence-corrected chi connectivity index (χ3v) is 5.06. The van der Waals surface area contributed by atoms with Crippen molar-refractivity contribution in [2.45, 2.75) is 43.9 Å². The molecule has 3 rings (SSSR count). The second-order valence-electron chi connectivity index (χ2n) is 6.58. The number of carbonyl (C=O) groups is 1. The number of aryl methyl sites for hydroxylation is 1. The first-order valence-electron chi connectivity index (χ1n) is 9.16. The minimum Gasteiger partial charge on any atom is -0.481 e. The van der Waals surface area contributed by atoms with Crippen LogP contribution in [0.15, 0.2) is 58.2 Å². The van der Waals surface area contributed by atoms with Crippen LogP contribution < -0.4 is 10.1 Å². The van der Waals surface area contributed by atoms with Crippen LogP contribution in [0.25, 0.3) is 0 Å². The summed E-state index contributed by atoms with van der Waals surface area (Å²) >= 11 is 1.18. The first-order chi connectivity index (χ1) is 13.9. The zero-order valence-electron chi connectivity index (χ0n) is 16.4. The summed E-state index contributed by atoms with van der Waals surface area (Å²) in [5, 5.41) is 10.7. The highest BCUT2D eigenvalue weighted by Gasteiger charge is 2.21. The van der Waals surface area contributed by atoms with Crippen LogP contribution in [0.4, 0.5) is 4.39 Å². The van der Waals surface area contributed by atoms with E-state index in [1.54, 1.807) is 13.8 Å². The van der Waals surface area contributed by atoms with E-state index in [0.29, 0.717) is 12.3 Å². The maximum atomic E-state index is 13.0.